The van der Waals surface area contributed by atoms with Crippen molar-refractivity contribution in [2.45, 2.75) is 37.2 Å². The van der Waals surface area contributed by atoms with Crippen LogP contribution in [0.1, 0.15) is 26.8 Å². The van der Waals surface area contributed by atoms with Crippen molar-refractivity contribution in [1.29, 1.82) is 0 Å². The molecule has 1 amide bonds. The summed E-state index contributed by atoms with van der Waals surface area (Å²) in [5.41, 5.74) is 1.91. The lowest BCUT2D eigenvalue weighted by Gasteiger charge is -2.15. The fraction of sp³-hybridized carbons (Fsp3) is 0.217. The van der Waals surface area contributed by atoms with Crippen LogP contribution >= 0.6 is 11.8 Å². The van der Waals surface area contributed by atoms with Gasteiger partial charge >= 0.3 is 0 Å². The first kappa shape index (κ1) is 20.9. The number of thioether (sulfide) groups is 1. The normalized spacial score (nSPS) is 12.1. The number of nitrogens with zero attached hydrogens (tertiary/aromatic N) is 5. The summed E-state index contributed by atoms with van der Waals surface area (Å²) in [6.07, 6.45) is 1.69. The van der Waals surface area contributed by atoms with Crippen molar-refractivity contribution in [1.82, 2.24) is 24.5 Å². The van der Waals surface area contributed by atoms with Gasteiger partial charge in [-0.25, -0.2) is 4.68 Å². The van der Waals surface area contributed by atoms with Crippen LogP contribution in [0.3, 0.4) is 0 Å². The summed E-state index contributed by atoms with van der Waals surface area (Å²) < 4.78 is 3.78. The number of nitrogens with one attached hydrogen (secondary N) is 1. The predicted octanol–water partition coefficient (Wildman–Crippen LogP) is 4.83. The highest BCUT2D eigenvalue weighted by atomic mass is 32.2. The van der Waals surface area contributed by atoms with E-state index in [2.05, 4.69) is 20.6 Å². The Kier molecular flexibility index (Phi) is 6.18. The van der Waals surface area contributed by atoms with Crippen LogP contribution in [0.5, 0.6) is 0 Å². The van der Waals surface area contributed by atoms with Crippen LogP contribution in [0.15, 0.2) is 78.1 Å². The van der Waals surface area contributed by atoms with E-state index in [9.17, 15) is 4.79 Å². The van der Waals surface area contributed by atoms with Crippen molar-refractivity contribution in [3.05, 3.63) is 72.9 Å². The molecule has 0 radical (unpaired) electrons. The molecule has 0 fully saturated rings. The van der Waals surface area contributed by atoms with Crippen LogP contribution in [-0.2, 0) is 4.79 Å². The molecule has 1 N–H and O–H groups in total. The standard InChI is InChI=1S/C23H24N6OS/c1-16(2)29-20(14-15-24-29)25-22(30)17(3)31-23-27-26-21(18-10-6-4-7-11-18)28(23)19-12-8-5-9-13-19/h4-17H,1-3H3,(H,25,30). The van der Waals surface area contributed by atoms with E-state index in [0.717, 1.165) is 17.1 Å². The summed E-state index contributed by atoms with van der Waals surface area (Å²) in [6.45, 7) is 5.91. The number of aromatic nitrogens is 5. The highest BCUT2D eigenvalue weighted by Gasteiger charge is 2.22. The molecule has 1 atom stereocenters. The minimum atomic E-state index is -0.384. The molecule has 0 aliphatic carbocycles. The average molecular weight is 433 g/mol. The van der Waals surface area contributed by atoms with Gasteiger partial charge in [0.15, 0.2) is 11.0 Å². The lowest BCUT2D eigenvalue weighted by Crippen LogP contribution is -2.25. The number of amides is 1. The molecule has 2 aromatic heterocycles. The highest BCUT2D eigenvalue weighted by molar-refractivity contribution is 8.00. The van der Waals surface area contributed by atoms with Gasteiger partial charge in [0.25, 0.3) is 0 Å². The molecule has 8 heteroatoms. The molecule has 7 nitrogen and oxygen atoms in total. The number of hydrogen-bond acceptors (Lipinski definition) is 5. The number of carbonyl (C=O) groups is 1. The third-order valence-electron chi connectivity index (χ3n) is 4.74. The van der Waals surface area contributed by atoms with E-state index < -0.39 is 0 Å². The molecule has 2 heterocycles. The second kappa shape index (κ2) is 9.18. The van der Waals surface area contributed by atoms with Gasteiger partial charge in [-0.1, -0.05) is 60.3 Å². The van der Waals surface area contributed by atoms with Gasteiger partial charge in [0.05, 0.1) is 11.4 Å². The van der Waals surface area contributed by atoms with Gasteiger partial charge < -0.3 is 5.32 Å². The number of para-hydroxylation sites is 1. The van der Waals surface area contributed by atoms with Crippen molar-refractivity contribution >= 4 is 23.5 Å². The second-order valence-corrected chi connectivity index (χ2v) is 8.66. The smallest absolute Gasteiger partial charge is 0.238 e. The van der Waals surface area contributed by atoms with Gasteiger partial charge in [0, 0.05) is 23.4 Å². The molecule has 0 aliphatic heterocycles. The Balaban J connectivity index is 1.61. The molecule has 31 heavy (non-hydrogen) atoms. The van der Waals surface area contributed by atoms with Crippen LogP contribution in [0.2, 0.25) is 0 Å². The Bertz CT molecular complexity index is 1150. The highest BCUT2D eigenvalue weighted by Crippen LogP contribution is 2.30. The van der Waals surface area contributed by atoms with Gasteiger partial charge in [0.2, 0.25) is 5.91 Å². The van der Waals surface area contributed by atoms with Crippen molar-refractivity contribution in [3.8, 4) is 17.1 Å². The molecule has 0 aliphatic rings. The Morgan fingerprint density at radius 3 is 2.29 bits per heavy atom. The molecular formula is C23H24N6OS. The van der Waals surface area contributed by atoms with Crippen LogP contribution in [0, 0.1) is 0 Å². The van der Waals surface area contributed by atoms with Crippen molar-refractivity contribution in [2.75, 3.05) is 5.32 Å². The van der Waals surface area contributed by atoms with E-state index in [1.54, 1.807) is 16.9 Å². The molecule has 2 aromatic carbocycles. The van der Waals surface area contributed by atoms with E-state index >= 15 is 0 Å². The molecule has 158 valence electrons. The van der Waals surface area contributed by atoms with Crippen LogP contribution in [-0.4, -0.2) is 35.7 Å². The Morgan fingerprint density at radius 1 is 0.935 bits per heavy atom. The molecule has 0 saturated heterocycles. The topological polar surface area (TPSA) is 77.6 Å². The molecule has 1 unspecified atom stereocenters. The quantitative estimate of drug-likeness (QED) is 0.423. The fourth-order valence-corrected chi connectivity index (χ4v) is 4.06. The maximum Gasteiger partial charge on any atom is 0.238 e. The molecule has 4 aromatic rings. The summed E-state index contributed by atoms with van der Waals surface area (Å²) in [4.78, 5) is 12.9. The van der Waals surface area contributed by atoms with Gasteiger partial charge in [-0.15, -0.1) is 10.2 Å². The van der Waals surface area contributed by atoms with Crippen molar-refractivity contribution in [3.63, 3.8) is 0 Å². The summed E-state index contributed by atoms with van der Waals surface area (Å²) in [6, 6.07) is 21.8. The lowest BCUT2D eigenvalue weighted by atomic mass is 10.2. The molecule has 0 saturated carbocycles. The number of carbonyl (C=O) groups excluding carboxylic acids is 1. The van der Waals surface area contributed by atoms with Crippen LogP contribution in [0.4, 0.5) is 5.82 Å². The lowest BCUT2D eigenvalue weighted by molar-refractivity contribution is -0.115. The van der Waals surface area contributed by atoms with Gasteiger partial charge in [0.1, 0.15) is 5.82 Å². The minimum Gasteiger partial charge on any atom is -0.310 e. The third-order valence-corrected chi connectivity index (χ3v) is 5.78. The maximum absolute atomic E-state index is 12.9. The second-order valence-electron chi connectivity index (χ2n) is 7.35. The van der Waals surface area contributed by atoms with E-state index in [1.165, 1.54) is 11.8 Å². The summed E-state index contributed by atoms with van der Waals surface area (Å²) in [5.74, 6) is 1.30. The molecule has 0 bridgehead atoms. The van der Waals surface area contributed by atoms with Crippen molar-refractivity contribution < 1.29 is 4.79 Å². The third kappa shape index (κ3) is 4.54. The molecule has 0 spiro atoms. The van der Waals surface area contributed by atoms with Gasteiger partial charge in [-0.2, -0.15) is 5.10 Å². The van der Waals surface area contributed by atoms with Gasteiger partial charge in [-0.3, -0.25) is 9.36 Å². The average Bonchev–Trinajstić information content (AvgIpc) is 3.42. The fourth-order valence-electron chi connectivity index (χ4n) is 3.19. The Hall–Kier alpha value is -3.39. The number of hydrogen-bond donors (Lipinski definition) is 1. The Labute approximate surface area is 185 Å². The SMILES string of the molecule is CC(Sc1nnc(-c2ccccc2)n1-c1ccccc1)C(=O)Nc1ccnn1C(C)C. The van der Waals surface area contributed by atoms with Crippen LogP contribution < -0.4 is 5.32 Å². The van der Waals surface area contributed by atoms with E-state index in [1.807, 2.05) is 86.0 Å². The van der Waals surface area contributed by atoms with E-state index in [4.69, 9.17) is 0 Å². The molecule has 4 rings (SSSR count). The monoisotopic (exact) mass is 432 g/mol. The summed E-state index contributed by atoms with van der Waals surface area (Å²) >= 11 is 1.37. The van der Waals surface area contributed by atoms with Gasteiger partial charge in [-0.05, 0) is 32.9 Å². The number of benzene rings is 2. The maximum atomic E-state index is 12.9. The molecular weight excluding hydrogens is 408 g/mol. The first-order valence-electron chi connectivity index (χ1n) is 10.1. The zero-order chi connectivity index (χ0) is 21.8. The zero-order valence-electron chi connectivity index (χ0n) is 17.6. The van der Waals surface area contributed by atoms with E-state index in [0.29, 0.717) is 11.0 Å². The Morgan fingerprint density at radius 2 is 1.61 bits per heavy atom. The van der Waals surface area contributed by atoms with Crippen molar-refractivity contribution in [2.24, 2.45) is 0 Å². The predicted molar refractivity (Wildman–Crippen MR) is 123 cm³/mol. The number of anilines is 1. The van der Waals surface area contributed by atoms with Crippen LogP contribution in [0.25, 0.3) is 17.1 Å². The first-order valence-corrected chi connectivity index (χ1v) is 11.0. The minimum absolute atomic E-state index is 0.115. The largest absolute Gasteiger partial charge is 0.310 e. The number of rotatable bonds is 7. The zero-order valence-corrected chi connectivity index (χ0v) is 18.5. The van der Waals surface area contributed by atoms with E-state index in [-0.39, 0.29) is 17.2 Å². The summed E-state index contributed by atoms with van der Waals surface area (Å²) in [5, 5.41) is 16.4. The summed E-state index contributed by atoms with van der Waals surface area (Å²) in [7, 11) is 0. The first-order chi connectivity index (χ1) is 15.0.